The number of fused-ring (bicyclic) bond motifs is 1. The zero-order valence-corrected chi connectivity index (χ0v) is 12.4. The average molecular weight is 309 g/mol. The fourth-order valence-corrected chi connectivity index (χ4v) is 3.75. The van der Waals surface area contributed by atoms with E-state index in [1.54, 1.807) is 19.2 Å². The van der Waals surface area contributed by atoms with Crippen molar-refractivity contribution in [1.82, 2.24) is 5.32 Å². The fraction of sp³-hybridized carbons (Fsp3) is 0.400. The predicted octanol–water partition coefficient (Wildman–Crippen LogP) is 3.01. The predicted molar refractivity (Wildman–Crippen MR) is 79.4 cm³/mol. The molecule has 0 spiro atoms. The third-order valence-corrected chi connectivity index (χ3v) is 5.14. The molecule has 0 unspecified atom stereocenters. The van der Waals surface area contributed by atoms with Crippen LogP contribution in [0.3, 0.4) is 0 Å². The standard InChI is InChI=1S/C15H16FNO3S/c1-20-9-5-8(6-9)17-7-10-13-11(16)3-2-4-12(13)21-14(10)15(18)19/h2-4,8-9,17H,5-7H2,1H3,(H,18,19). The normalized spacial score (nSPS) is 21.4. The van der Waals surface area contributed by atoms with Crippen LogP contribution >= 0.6 is 11.3 Å². The van der Waals surface area contributed by atoms with Gasteiger partial charge in [0.25, 0.3) is 0 Å². The Morgan fingerprint density at radius 2 is 2.29 bits per heavy atom. The zero-order chi connectivity index (χ0) is 15.0. The minimum Gasteiger partial charge on any atom is -0.477 e. The molecule has 1 aliphatic carbocycles. The van der Waals surface area contributed by atoms with Crippen LogP contribution in [0.15, 0.2) is 18.2 Å². The molecular weight excluding hydrogens is 293 g/mol. The number of carbonyl (C=O) groups is 1. The zero-order valence-electron chi connectivity index (χ0n) is 11.6. The Hall–Kier alpha value is -1.50. The molecule has 4 nitrogen and oxygen atoms in total. The number of benzene rings is 1. The Morgan fingerprint density at radius 3 is 2.95 bits per heavy atom. The molecule has 1 fully saturated rings. The van der Waals surface area contributed by atoms with Gasteiger partial charge in [0.2, 0.25) is 0 Å². The number of thiophene rings is 1. The van der Waals surface area contributed by atoms with E-state index in [0.29, 0.717) is 28.2 Å². The molecule has 1 heterocycles. The largest absolute Gasteiger partial charge is 0.477 e. The maximum atomic E-state index is 14.0. The maximum Gasteiger partial charge on any atom is 0.346 e. The van der Waals surface area contributed by atoms with Crippen LogP contribution in [0, 0.1) is 5.82 Å². The molecule has 21 heavy (non-hydrogen) atoms. The Labute approximate surface area is 125 Å². The number of methoxy groups -OCH3 is 1. The number of rotatable bonds is 5. The van der Waals surface area contributed by atoms with E-state index in [0.717, 1.165) is 24.2 Å². The van der Waals surface area contributed by atoms with Gasteiger partial charge in [-0.15, -0.1) is 11.3 Å². The maximum absolute atomic E-state index is 14.0. The van der Waals surface area contributed by atoms with Crippen molar-refractivity contribution >= 4 is 27.4 Å². The third kappa shape index (κ3) is 2.66. The number of halogens is 1. The van der Waals surface area contributed by atoms with Crippen molar-refractivity contribution in [3.8, 4) is 0 Å². The fourth-order valence-electron chi connectivity index (χ4n) is 2.68. The van der Waals surface area contributed by atoms with E-state index < -0.39 is 5.97 Å². The Balaban J connectivity index is 1.85. The van der Waals surface area contributed by atoms with Gasteiger partial charge in [-0.3, -0.25) is 0 Å². The van der Waals surface area contributed by atoms with Gasteiger partial charge in [0, 0.05) is 35.3 Å². The Morgan fingerprint density at radius 1 is 1.52 bits per heavy atom. The first-order valence-corrected chi connectivity index (χ1v) is 7.61. The van der Waals surface area contributed by atoms with Crippen molar-refractivity contribution in [2.45, 2.75) is 31.5 Å². The topological polar surface area (TPSA) is 58.6 Å². The molecule has 0 aliphatic heterocycles. The van der Waals surface area contributed by atoms with Gasteiger partial charge in [0.05, 0.1) is 6.10 Å². The summed E-state index contributed by atoms with van der Waals surface area (Å²) in [5.74, 6) is -1.37. The van der Waals surface area contributed by atoms with Crippen LogP contribution in [0.2, 0.25) is 0 Å². The summed E-state index contributed by atoms with van der Waals surface area (Å²) < 4.78 is 19.9. The summed E-state index contributed by atoms with van der Waals surface area (Å²) in [6.07, 6.45) is 2.09. The van der Waals surface area contributed by atoms with Crippen molar-refractivity contribution < 1.29 is 19.0 Å². The van der Waals surface area contributed by atoms with Crippen molar-refractivity contribution in [3.63, 3.8) is 0 Å². The first-order chi connectivity index (χ1) is 10.1. The number of carboxylic acid groups (broad SMARTS) is 1. The first-order valence-electron chi connectivity index (χ1n) is 6.79. The molecule has 6 heteroatoms. The van der Waals surface area contributed by atoms with Crippen LogP contribution in [0.25, 0.3) is 10.1 Å². The summed E-state index contributed by atoms with van der Waals surface area (Å²) in [7, 11) is 1.69. The van der Waals surface area contributed by atoms with Gasteiger partial charge in [0.15, 0.2) is 0 Å². The minimum atomic E-state index is -1.00. The summed E-state index contributed by atoms with van der Waals surface area (Å²) in [5.41, 5.74) is 0.543. The molecule has 1 aliphatic rings. The second kappa shape index (κ2) is 5.71. The first kappa shape index (κ1) is 14.4. The van der Waals surface area contributed by atoms with Crippen LogP contribution in [0.1, 0.15) is 28.1 Å². The lowest BCUT2D eigenvalue weighted by atomic mass is 9.89. The molecule has 1 saturated carbocycles. The van der Waals surface area contributed by atoms with Crippen molar-refractivity contribution in [2.75, 3.05) is 7.11 Å². The molecule has 0 amide bonds. The third-order valence-electron chi connectivity index (χ3n) is 3.95. The number of aromatic carboxylic acids is 1. The van der Waals surface area contributed by atoms with Gasteiger partial charge in [-0.25, -0.2) is 9.18 Å². The molecule has 112 valence electrons. The van der Waals surface area contributed by atoms with Crippen molar-refractivity contribution in [1.29, 1.82) is 0 Å². The minimum absolute atomic E-state index is 0.213. The van der Waals surface area contributed by atoms with Crippen LogP contribution < -0.4 is 5.32 Å². The number of nitrogens with one attached hydrogen (secondary N) is 1. The molecule has 3 rings (SSSR count). The molecule has 0 bridgehead atoms. The molecule has 0 saturated heterocycles. The summed E-state index contributed by atoms with van der Waals surface area (Å²) in [6, 6.07) is 5.03. The number of hydrogen-bond acceptors (Lipinski definition) is 4. The lowest BCUT2D eigenvalue weighted by molar-refractivity contribution is 0.0170. The van der Waals surface area contributed by atoms with E-state index in [2.05, 4.69) is 5.32 Å². The highest BCUT2D eigenvalue weighted by atomic mass is 32.1. The van der Waals surface area contributed by atoms with Gasteiger partial charge < -0.3 is 15.2 Å². The number of carboxylic acids is 1. The molecule has 2 aromatic rings. The van der Waals surface area contributed by atoms with Gasteiger partial charge in [-0.1, -0.05) is 6.07 Å². The molecule has 1 aromatic carbocycles. The second-order valence-electron chi connectivity index (χ2n) is 5.23. The van der Waals surface area contributed by atoms with E-state index in [4.69, 9.17) is 4.74 Å². The van der Waals surface area contributed by atoms with Gasteiger partial charge in [-0.2, -0.15) is 0 Å². The van der Waals surface area contributed by atoms with Crippen LogP contribution in [0.4, 0.5) is 4.39 Å². The molecule has 0 radical (unpaired) electrons. The number of hydrogen-bond donors (Lipinski definition) is 2. The van der Waals surface area contributed by atoms with Crippen LogP contribution in [-0.2, 0) is 11.3 Å². The quantitative estimate of drug-likeness (QED) is 0.891. The highest BCUT2D eigenvalue weighted by Crippen LogP contribution is 2.34. The average Bonchev–Trinajstić information content (AvgIpc) is 2.78. The van der Waals surface area contributed by atoms with Gasteiger partial charge in [-0.05, 0) is 25.0 Å². The molecular formula is C15H16FNO3S. The Bertz CT molecular complexity index is 679. The van der Waals surface area contributed by atoms with E-state index in [9.17, 15) is 14.3 Å². The molecule has 1 aromatic heterocycles. The van der Waals surface area contributed by atoms with Crippen LogP contribution in [0.5, 0.6) is 0 Å². The van der Waals surface area contributed by atoms with Gasteiger partial charge in [0.1, 0.15) is 10.7 Å². The summed E-state index contributed by atoms with van der Waals surface area (Å²) in [6.45, 7) is 0.365. The SMILES string of the molecule is COC1CC(NCc2c(C(=O)O)sc3cccc(F)c23)C1. The van der Waals surface area contributed by atoms with E-state index >= 15 is 0 Å². The molecule has 2 N–H and O–H groups in total. The van der Waals surface area contributed by atoms with Crippen molar-refractivity contribution in [2.24, 2.45) is 0 Å². The van der Waals surface area contributed by atoms with E-state index in [1.807, 2.05) is 0 Å². The lowest BCUT2D eigenvalue weighted by Gasteiger charge is -2.34. The smallest absolute Gasteiger partial charge is 0.346 e. The van der Waals surface area contributed by atoms with Crippen LogP contribution in [-0.4, -0.2) is 30.3 Å². The van der Waals surface area contributed by atoms with Crippen molar-refractivity contribution in [3.05, 3.63) is 34.5 Å². The summed E-state index contributed by atoms with van der Waals surface area (Å²) in [4.78, 5) is 11.6. The molecule has 0 atom stereocenters. The van der Waals surface area contributed by atoms with E-state index in [-0.39, 0.29) is 16.8 Å². The van der Waals surface area contributed by atoms with Gasteiger partial charge >= 0.3 is 5.97 Å². The second-order valence-corrected chi connectivity index (χ2v) is 6.29. The highest BCUT2D eigenvalue weighted by molar-refractivity contribution is 7.21. The van der Waals surface area contributed by atoms with E-state index in [1.165, 1.54) is 6.07 Å². The lowest BCUT2D eigenvalue weighted by Crippen LogP contribution is -2.44. The summed E-state index contributed by atoms with van der Waals surface area (Å²) in [5, 5.41) is 13.0. The highest BCUT2D eigenvalue weighted by Gasteiger charge is 2.29. The number of ether oxygens (including phenoxy) is 1. The Kier molecular flexibility index (Phi) is 3.93. The summed E-state index contributed by atoms with van der Waals surface area (Å²) >= 11 is 1.12. The monoisotopic (exact) mass is 309 g/mol.